The molecule has 0 radical (unpaired) electrons. The Balaban J connectivity index is 0.00000272. The maximum absolute atomic E-state index is 11.7. The van der Waals surface area contributed by atoms with Crippen LogP contribution in [0.1, 0.15) is 91.9 Å². The van der Waals surface area contributed by atoms with E-state index in [1.165, 1.54) is 25.7 Å². The number of aliphatic carboxylic acids is 1. The van der Waals surface area contributed by atoms with Crippen LogP contribution < -0.4 is 56.5 Å². The minimum Gasteiger partial charge on any atom is -0.550 e. The van der Waals surface area contributed by atoms with Gasteiger partial charge in [0.1, 0.15) is 0 Å². The van der Waals surface area contributed by atoms with E-state index in [4.69, 9.17) is 0 Å². The van der Waals surface area contributed by atoms with E-state index in [0.717, 1.165) is 25.7 Å². The number of rotatable bonds is 5. The van der Waals surface area contributed by atoms with Crippen molar-refractivity contribution in [3.8, 4) is 0 Å². The fourth-order valence-electron chi connectivity index (χ4n) is 9.48. The van der Waals surface area contributed by atoms with Gasteiger partial charge in [0, 0.05) is 5.97 Å². The topological polar surface area (TPSA) is 80.6 Å². The van der Waals surface area contributed by atoms with Crippen LogP contribution in [0.15, 0.2) is 0 Å². The van der Waals surface area contributed by atoms with Crippen LogP contribution in [0, 0.1) is 52.3 Å². The summed E-state index contributed by atoms with van der Waals surface area (Å²) in [5, 5.41) is 33.1. The average molecular weight is 459 g/mol. The molecule has 4 rings (SSSR count). The molecule has 5 heteroatoms. The number of fused-ring (bicyclic) bond motifs is 5. The predicted octanol–water partition coefficient (Wildman–Crippen LogP) is 0.783. The van der Waals surface area contributed by atoms with Gasteiger partial charge in [-0.05, 0) is 110 Å². The standard InChI is InChI=1S/C26H44O4.K/c1-5-17-21-14-16(27)10-12-26(21,4)20-11-13-25(3)18(15(2)6-9-22(28)29)7-8-19(25)23(20)24(17)30;/h15-21,23-24,27,30H,5-14H2,1-4H3,(H,28,29);/q;+1/p-1/t15-,16-,17-,18-,19+,20+,21+,23+,24-,25-,26-;/m1./s1. The Labute approximate surface area is 231 Å². The van der Waals surface area contributed by atoms with Crippen molar-refractivity contribution in [2.45, 2.75) is 104 Å². The molecule has 172 valence electrons. The van der Waals surface area contributed by atoms with E-state index in [1.54, 1.807) is 0 Å². The normalized spacial score (nSPS) is 49.9. The second-order valence-corrected chi connectivity index (χ2v) is 12.0. The molecule has 4 nitrogen and oxygen atoms in total. The molecule has 0 amide bonds. The summed E-state index contributed by atoms with van der Waals surface area (Å²) in [6.07, 6.45) is 8.99. The fraction of sp³-hybridized carbons (Fsp3) is 0.962. The third-order valence-electron chi connectivity index (χ3n) is 11.0. The van der Waals surface area contributed by atoms with Gasteiger partial charge >= 0.3 is 51.4 Å². The number of hydrogen-bond donors (Lipinski definition) is 2. The molecule has 0 bridgehead atoms. The van der Waals surface area contributed by atoms with E-state index in [-0.39, 0.29) is 80.8 Å². The summed E-state index contributed by atoms with van der Waals surface area (Å²) in [5.41, 5.74) is 0.451. The number of carboxylic acids is 1. The van der Waals surface area contributed by atoms with Gasteiger partial charge < -0.3 is 20.1 Å². The van der Waals surface area contributed by atoms with Crippen molar-refractivity contribution in [3.63, 3.8) is 0 Å². The van der Waals surface area contributed by atoms with E-state index in [0.29, 0.717) is 47.8 Å². The van der Waals surface area contributed by atoms with Crippen LogP contribution in [-0.2, 0) is 4.79 Å². The van der Waals surface area contributed by atoms with Crippen LogP contribution in [0.2, 0.25) is 0 Å². The maximum Gasteiger partial charge on any atom is 1.00 e. The maximum atomic E-state index is 11.7. The zero-order chi connectivity index (χ0) is 21.8. The van der Waals surface area contributed by atoms with Gasteiger partial charge in [0.05, 0.1) is 12.2 Å². The van der Waals surface area contributed by atoms with Crippen molar-refractivity contribution in [1.82, 2.24) is 0 Å². The Kier molecular flexibility index (Phi) is 8.55. The van der Waals surface area contributed by atoms with Gasteiger partial charge in [0.2, 0.25) is 0 Å². The Morgan fingerprint density at radius 3 is 2.32 bits per heavy atom. The van der Waals surface area contributed by atoms with E-state index >= 15 is 0 Å². The molecule has 0 spiro atoms. The number of carboxylic acid groups (broad SMARTS) is 1. The first-order valence-corrected chi connectivity index (χ1v) is 12.7. The third kappa shape index (κ3) is 4.41. The van der Waals surface area contributed by atoms with Crippen molar-refractivity contribution in [2.75, 3.05) is 0 Å². The van der Waals surface area contributed by atoms with Crippen LogP contribution in [-0.4, -0.2) is 28.4 Å². The van der Waals surface area contributed by atoms with Gasteiger partial charge in [-0.1, -0.05) is 34.1 Å². The van der Waals surface area contributed by atoms with Crippen LogP contribution in [0.5, 0.6) is 0 Å². The monoisotopic (exact) mass is 458 g/mol. The number of carbonyl (C=O) groups is 1. The summed E-state index contributed by atoms with van der Waals surface area (Å²) in [7, 11) is 0. The average Bonchev–Trinajstić information content (AvgIpc) is 3.05. The first kappa shape index (κ1) is 26.6. The molecular weight excluding hydrogens is 415 g/mol. The molecule has 0 unspecified atom stereocenters. The largest absolute Gasteiger partial charge is 1.00 e. The van der Waals surface area contributed by atoms with Gasteiger partial charge in [-0.25, -0.2) is 0 Å². The molecule has 0 saturated heterocycles. The summed E-state index contributed by atoms with van der Waals surface area (Å²) in [4.78, 5) is 11.0. The summed E-state index contributed by atoms with van der Waals surface area (Å²) in [6.45, 7) is 9.39. The molecule has 4 aliphatic carbocycles. The number of carbonyl (C=O) groups excluding carboxylic acids is 1. The summed E-state index contributed by atoms with van der Waals surface area (Å²) < 4.78 is 0. The quantitative estimate of drug-likeness (QED) is 0.597. The third-order valence-corrected chi connectivity index (χ3v) is 11.0. The van der Waals surface area contributed by atoms with Gasteiger partial charge in [-0.3, -0.25) is 0 Å². The minimum atomic E-state index is -0.933. The number of aliphatic hydroxyl groups is 2. The van der Waals surface area contributed by atoms with Crippen molar-refractivity contribution >= 4 is 5.97 Å². The summed E-state index contributed by atoms with van der Waals surface area (Å²) in [6, 6.07) is 0. The van der Waals surface area contributed by atoms with Crippen molar-refractivity contribution in [1.29, 1.82) is 0 Å². The minimum absolute atomic E-state index is 0. The molecule has 31 heavy (non-hydrogen) atoms. The molecule has 0 aliphatic heterocycles. The van der Waals surface area contributed by atoms with Crippen LogP contribution in [0.4, 0.5) is 0 Å². The SMILES string of the molecule is CC[C@H]1[C@@H](O)[C@@H]2[C@H](CC[C@]3(C)[C@@H]([C@H](C)CCC(=O)[O-])CC[C@@H]23)[C@@]2(C)CC[C@@H](O)C[C@@H]12.[K+]. The van der Waals surface area contributed by atoms with Crippen LogP contribution >= 0.6 is 0 Å². The second-order valence-electron chi connectivity index (χ2n) is 12.0. The molecule has 0 aromatic rings. The smallest absolute Gasteiger partial charge is 0.550 e. The van der Waals surface area contributed by atoms with Crippen molar-refractivity contribution in [2.24, 2.45) is 52.3 Å². The van der Waals surface area contributed by atoms with Gasteiger partial charge in [0.15, 0.2) is 0 Å². The van der Waals surface area contributed by atoms with Crippen LogP contribution in [0.3, 0.4) is 0 Å². The molecule has 2 N–H and O–H groups in total. The molecule has 4 saturated carbocycles. The van der Waals surface area contributed by atoms with E-state index in [2.05, 4.69) is 27.7 Å². The number of aliphatic hydroxyl groups excluding tert-OH is 2. The Hall–Kier alpha value is 1.03. The molecular formula is C26H43KO4. The van der Waals surface area contributed by atoms with Crippen molar-refractivity contribution in [3.05, 3.63) is 0 Å². The fourth-order valence-corrected chi connectivity index (χ4v) is 9.48. The molecule has 0 aromatic heterocycles. The molecule has 11 atom stereocenters. The Morgan fingerprint density at radius 1 is 1.03 bits per heavy atom. The Bertz CT molecular complexity index is 655. The molecule has 4 aliphatic rings. The summed E-state index contributed by atoms with van der Waals surface area (Å²) in [5.74, 6) is 2.21. The predicted molar refractivity (Wildman–Crippen MR) is 115 cm³/mol. The van der Waals surface area contributed by atoms with Gasteiger partial charge in [0.25, 0.3) is 0 Å². The van der Waals surface area contributed by atoms with Gasteiger partial charge in [-0.15, -0.1) is 0 Å². The van der Waals surface area contributed by atoms with Gasteiger partial charge in [-0.2, -0.15) is 0 Å². The molecule has 4 fully saturated rings. The zero-order valence-electron chi connectivity index (χ0n) is 20.5. The molecule has 0 heterocycles. The second kappa shape index (κ2) is 9.95. The number of hydrogen-bond acceptors (Lipinski definition) is 4. The van der Waals surface area contributed by atoms with E-state index in [9.17, 15) is 20.1 Å². The van der Waals surface area contributed by atoms with Crippen molar-refractivity contribution < 1.29 is 71.5 Å². The first-order valence-electron chi connectivity index (χ1n) is 12.7. The zero-order valence-corrected chi connectivity index (χ0v) is 23.6. The molecule has 0 aromatic carbocycles. The van der Waals surface area contributed by atoms with E-state index < -0.39 is 5.97 Å². The van der Waals surface area contributed by atoms with E-state index in [1.807, 2.05) is 0 Å². The summed E-state index contributed by atoms with van der Waals surface area (Å²) >= 11 is 0. The first-order chi connectivity index (χ1) is 14.1. The van der Waals surface area contributed by atoms with Crippen LogP contribution in [0.25, 0.3) is 0 Å². The Morgan fingerprint density at radius 2 is 1.68 bits per heavy atom.